The van der Waals surface area contributed by atoms with Crippen molar-refractivity contribution in [3.05, 3.63) is 21.9 Å². The molecule has 16 heavy (non-hydrogen) atoms. The van der Waals surface area contributed by atoms with Crippen LogP contribution in [0.4, 0.5) is 0 Å². The first kappa shape index (κ1) is 13.2. The average Bonchev–Trinajstić information content (AvgIpc) is 2.72. The van der Waals surface area contributed by atoms with Gasteiger partial charge in [0, 0.05) is 16.2 Å². The van der Waals surface area contributed by atoms with Crippen molar-refractivity contribution in [2.75, 3.05) is 0 Å². The minimum Gasteiger partial charge on any atom is -0.481 e. The van der Waals surface area contributed by atoms with E-state index >= 15 is 0 Å². The van der Waals surface area contributed by atoms with E-state index in [4.69, 9.17) is 5.11 Å². The maximum atomic E-state index is 10.3. The number of aliphatic carboxylic acids is 1. The summed E-state index contributed by atoms with van der Waals surface area (Å²) in [6, 6.07) is 4.01. The maximum absolute atomic E-state index is 10.3. The van der Waals surface area contributed by atoms with Gasteiger partial charge in [-0.15, -0.1) is 11.3 Å². The number of carbonyl (C=O) groups is 1. The number of thiophene rings is 1. The van der Waals surface area contributed by atoms with Crippen LogP contribution in [-0.4, -0.2) is 16.2 Å². The van der Waals surface area contributed by atoms with Crippen LogP contribution in [0.25, 0.3) is 0 Å². The molecule has 3 nitrogen and oxygen atoms in total. The lowest BCUT2D eigenvalue weighted by atomic mass is 10.1. The van der Waals surface area contributed by atoms with E-state index in [1.54, 1.807) is 11.3 Å². The van der Waals surface area contributed by atoms with Gasteiger partial charge in [-0.1, -0.05) is 6.92 Å². The predicted octanol–water partition coefficient (Wildman–Crippen LogP) is 2.99. The molecule has 2 N–H and O–H groups in total. The molecule has 1 heterocycles. The van der Waals surface area contributed by atoms with Crippen LogP contribution in [0.15, 0.2) is 12.1 Å². The van der Waals surface area contributed by atoms with Gasteiger partial charge in [0.25, 0.3) is 0 Å². The maximum Gasteiger partial charge on any atom is 0.303 e. The Hall–Kier alpha value is -0.870. The van der Waals surface area contributed by atoms with Crippen LogP contribution in [-0.2, 0) is 11.2 Å². The van der Waals surface area contributed by atoms with E-state index in [9.17, 15) is 9.90 Å². The van der Waals surface area contributed by atoms with E-state index in [1.165, 1.54) is 4.88 Å². The summed E-state index contributed by atoms with van der Waals surface area (Å²) < 4.78 is 0. The highest BCUT2D eigenvalue weighted by Gasteiger charge is 2.10. The highest BCUT2D eigenvalue weighted by molar-refractivity contribution is 7.12. The summed E-state index contributed by atoms with van der Waals surface area (Å²) in [7, 11) is 0. The van der Waals surface area contributed by atoms with Crippen molar-refractivity contribution in [2.24, 2.45) is 0 Å². The van der Waals surface area contributed by atoms with Gasteiger partial charge >= 0.3 is 5.97 Å². The second-order valence-electron chi connectivity index (χ2n) is 3.81. The topological polar surface area (TPSA) is 57.5 Å². The fourth-order valence-electron chi connectivity index (χ4n) is 1.52. The monoisotopic (exact) mass is 242 g/mol. The van der Waals surface area contributed by atoms with Gasteiger partial charge in [-0.3, -0.25) is 4.79 Å². The van der Waals surface area contributed by atoms with E-state index in [1.807, 2.05) is 12.1 Å². The Labute approximate surface area is 99.7 Å². The summed E-state index contributed by atoms with van der Waals surface area (Å²) >= 11 is 1.64. The molecule has 0 saturated heterocycles. The van der Waals surface area contributed by atoms with E-state index in [0.29, 0.717) is 12.8 Å². The Kier molecular flexibility index (Phi) is 5.49. The zero-order valence-electron chi connectivity index (χ0n) is 9.48. The summed E-state index contributed by atoms with van der Waals surface area (Å²) in [6.07, 6.45) is 2.80. The Morgan fingerprint density at radius 1 is 1.44 bits per heavy atom. The van der Waals surface area contributed by atoms with Gasteiger partial charge in [0.2, 0.25) is 0 Å². The zero-order chi connectivity index (χ0) is 12.0. The molecule has 4 heteroatoms. The average molecular weight is 242 g/mol. The van der Waals surface area contributed by atoms with Gasteiger partial charge in [0.15, 0.2) is 0 Å². The van der Waals surface area contributed by atoms with Crippen LogP contribution in [0.1, 0.15) is 48.5 Å². The first-order chi connectivity index (χ1) is 7.63. The van der Waals surface area contributed by atoms with Crippen molar-refractivity contribution < 1.29 is 15.0 Å². The number of hydrogen-bond donors (Lipinski definition) is 2. The molecule has 1 rings (SSSR count). The van der Waals surface area contributed by atoms with Crippen LogP contribution in [0.5, 0.6) is 0 Å². The van der Waals surface area contributed by atoms with E-state index in [0.717, 1.165) is 17.7 Å². The lowest BCUT2D eigenvalue weighted by Crippen LogP contribution is -1.97. The molecule has 0 aliphatic carbocycles. The van der Waals surface area contributed by atoms with Crippen LogP contribution < -0.4 is 0 Å². The molecule has 0 spiro atoms. The molecule has 0 aliphatic heterocycles. The van der Waals surface area contributed by atoms with Crippen molar-refractivity contribution in [3.8, 4) is 0 Å². The van der Waals surface area contributed by atoms with Crippen LogP contribution >= 0.6 is 11.3 Å². The SMILES string of the molecule is CCc1ccc(C(O)CCCCC(=O)O)s1. The first-order valence-electron chi connectivity index (χ1n) is 5.62. The number of rotatable bonds is 7. The highest BCUT2D eigenvalue weighted by Crippen LogP contribution is 2.27. The van der Waals surface area contributed by atoms with Crippen LogP contribution in [0.2, 0.25) is 0 Å². The van der Waals surface area contributed by atoms with E-state index in [2.05, 4.69) is 6.92 Å². The predicted molar refractivity (Wildman–Crippen MR) is 64.8 cm³/mol. The van der Waals surface area contributed by atoms with Crippen molar-refractivity contribution in [3.63, 3.8) is 0 Å². The smallest absolute Gasteiger partial charge is 0.303 e. The lowest BCUT2D eigenvalue weighted by molar-refractivity contribution is -0.137. The first-order valence-corrected chi connectivity index (χ1v) is 6.43. The van der Waals surface area contributed by atoms with E-state index in [-0.39, 0.29) is 6.42 Å². The number of carboxylic acids is 1. The van der Waals surface area contributed by atoms with Crippen molar-refractivity contribution in [1.82, 2.24) is 0 Å². The third-order valence-corrected chi connectivity index (χ3v) is 3.81. The van der Waals surface area contributed by atoms with E-state index < -0.39 is 12.1 Å². The largest absolute Gasteiger partial charge is 0.481 e. The molecule has 0 aromatic carbocycles. The van der Waals surface area contributed by atoms with Gasteiger partial charge in [-0.2, -0.15) is 0 Å². The number of hydrogen-bond acceptors (Lipinski definition) is 3. The fraction of sp³-hybridized carbons (Fsp3) is 0.583. The Bertz CT molecular complexity index is 333. The molecule has 90 valence electrons. The molecule has 1 atom stereocenters. The molecular weight excluding hydrogens is 224 g/mol. The number of carboxylic acid groups (broad SMARTS) is 1. The van der Waals surface area contributed by atoms with Gasteiger partial charge in [-0.25, -0.2) is 0 Å². The van der Waals surface area contributed by atoms with Gasteiger partial charge in [0.05, 0.1) is 6.10 Å². The molecule has 0 fully saturated rings. The summed E-state index contributed by atoms with van der Waals surface area (Å²) in [4.78, 5) is 12.6. The summed E-state index contributed by atoms with van der Waals surface area (Å²) in [5.74, 6) is -0.765. The summed E-state index contributed by atoms with van der Waals surface area (Å²) in [5.41, 5.74) is 0. The molecule has 0 aliphatic rings. The molecule has 0 saturated carbocycles. The third kappa shape index (κ3) is 4.33. The number of aliphatic hydroxyl groups excluding tert-OH is 1. The Morgan fingerprint density at radius 2 is 2.19 bits per heavy atom. The fourth-order valence-corrected chi connectivity index (χ4v) is 2.49. The zero-order valence-corrected chi connectivity index (χ0v) is 10.3. The highest BCUT2D eigenvalue weighted by atomic mass is 32.1. The quantitative estimate of drug-likeness (QED) is 0.723. The van der Waals surface area contributed by atoms with Gasteiger partial charge in [0.1, 0.15) is 0 Å². The van der Waals surface area contributed by atoms with Crippen LogP contribution in [0, 0.1) is 0 Å². The molecule has 0 amide bonds. The second-order valence-corrected chi connectivity index (χ2v) is 5.01. The van der Waals surface area contributed by atoms with Crippen molar-refractivity contribution in [1.29, 1.82) is 0 Å². The van der Waals surface area contributed by atoms with Crippen molar-refractivity contribution >= 4 is 17.3 Å². The summed E-state index contributed by atoms with van der Waals surface area (Å²) in [5, 5.41) is 18.3. The standard InChI is InChI=1S/C12H18O3S/c1-2-9-7-8-11(16-9)10(13)5-3-4-6-12(14)15/h7-8,10,13H,2-6H2,1H3,(H,14,15). The van der Waals surface area contributed by atoms with Crippen LogP contribution in [0.3, 0.4) is 0 Å². The molecule has 1 unspecified atom stereocenters. The number of aliphatic hydroxyl groups is 1. The lowest BCUT2D eigenvalue weighted by Gasteiger charge is -2.07. The Balaban J connectivity index is 2.29. The van der Waals surface area contributed by atoms with Crippen molar-refractivity contribution in [2.45, 2.75) is 45.1 Å². The minimum absolute atomic E-state index is 0.192. The molecule has 0 radical (unpaired) electrons. The summed E-state index contributed by atoms with van der Waals surface area (Å²) in [6.45, 7) is 2.09. The molecular formula is C12H18O3S. The number of unbranched alkanes of at least 4 members (excludes halogenated alkanes) is 1. The Morgan fingerprint density at radius 3 is 2.75 bits per heavy atom. The van der Waals surface area contributed by atoms with Gasteiger partial charge < -0.3 is 10.2 Å². The number of aryl methyl sites for hydroxylation is 1. The molecule has 0 bridgehead atoms. The third-order valence-electron chi connectivity index (χ3n) is 2.48. The second kappa shape index (κ2) is 6.66. The molecule has 1 aromatic heterocycles. The van der Waals surface area contributed by atoms with Gasteiger partial charge in [-0.05, 0) is 37.8 Å². The normalized spacial score (nSPS) is 12.6. The minimum atomic E-state index is -0.765. The molecule has 1 aromatic rings.